The Bertz CT molecular complexity index is 1920. The van der Waals surface area contributed by atoms with Crippen molar-refractivity contribution in [2.45, 2.75) is 9.79 Å². The first-order valence-electron chi connectivity index (χ1n) is 10.3. The molecule has 14 nitrogen and oxygen atoms in total. The van der Waals surface area contributed by atoms with Crippen LogP contribution in [-0.4, -0.2) is 79.2 Å². The van der Waals surface area contributed by atoms with Gasteiger partial charge < -0.3 is 26.3 Å². The van der Waals surface area contributed by atoms with Gasteiger partial charge in [-0.25, -0.2) is 4.79 Å². The molecule has 0 saturated carbocycles. The van der Waals surface area contributed by atoms with Crippen molar-refractivity contribution in [1.82, 2.24) is 5.32 Å². The Balaban J connectivity index is 0.00000420. The van der Waals surface area contributed by atoms with Gasteiger partial charge in [0, 0.05) is 22.1 Å². The van der Waals surface area contributed by atoms with Crippen LogP contribution in [0.5, 0.6) is 0 Å². The molecule has 17 heteroatoms. The van der Waals surface area contributed by atoms with E-state index < -0.39 is 69.9 Å². The minimum atomic E-state index is -5.16. The fraction of sp³-hybridized carbons (Fsp3) is 0.0455. The quantitative estimate of drug-likeness (QED) is 0.0534. The summed E-state index contributed by atoms with van der Waals surface area (Å²) in [5, 5.41) is 19.4. The SMILES string of the molecule is N=c1ccc2c(-c3cc(C(=O)NCN)ccc3C(=O)O)c3ccc(N)c(S(=O)(=O)O)c3oc-2c1S(=O)(=O)O.[NaH]. The van der Waals surface area contributed by atoms with Crippen LogP contribution in [0.1, 0.15) is 20.7 Å². The molecule has 1 amide bonds. The number of carbonyl (C=O) groups is 2. The molecule has 1 aliphatic carbocycles. The number of carbonyl (C=O) groups excluding carboxylic acids is 1. The number of amides is 1. The molecular formula is C22H19N4NaO10S2. The van der Waals surface area contributed by atoms with E-state index in [9.17, 15) is 40.6 Å². The Hall–Kier alpha value is -3.35. The number of nitrogen functional groups attached to an aromatic ring is 1. The van der Waals surface area contributed by atoms with Crippen LogP contribution < -0.4 is 22.1 Å². The van der Waals surface area contributed by atoms with Crippen LogP contribution in [0.4, 0.5) is 5.69 Å². The number of nitrogens with one attached hydrogen (secondary N) is 2. The van der Waals surface area contributed by atoms with Crippen molar-refractivity contribution in [3.63, 3.8) is 0 Å². The van der Waals surface area contributed by atoms with Crippen LogP contribution in [0.3, 0.4) is 0 Å². The van der Waals surface area contributed by atoms with Gasteiger partial charge >= 0.3 is 35.5 Å². The number of carboxylic acids is 1. The summed E-state index contributed by atoms with van der Waals surface area (Å²) in [6, 6.07) is 7.93. The average Bonchev–Trinajstić information content (AvgIpc) is 2.80. The van der Waals surface area contributed by atoms with Crippen molar-refractivity contribution in [2.24, 2.45) is 5.73 Å². The van der Waals surface area contributed by atoms with Crippen LogP contribution >= 0.6 is 0 Å². The van der Waals surface area contributed by atoms with Gasteiger partial charge in [0.2, 0.25) is 0 Å². The maximum absolute atomic E-state index is 12.5. The van der Waals surface area contributed by atoms with Crippen molar-refractivity contribution >= 4 is 78.3 Å². The topological polar surface area (TPSA) is 264 Å². The van der Waals surface area contributed by atoms with Gasteiger partial charge in [0.25, 0.3) is 26.1 Å². The Morgan fingerprint density at radius 3 is 2.15 bits per heavy atom. The van der Waals surface area contributed by atoms with E-state index in [1.54, 1.807) is 0 Å². The molecule has 2 aromatic carbocycles. The van der Waals surface area contributed by atoms with E-state index in [2.05, 4.69) is 5.32 Å². The van der Waals surface area contributed by atoms with E-state index in [-0.39, 0.29) is 63.9 Å². The van der Waals surface area contributed by atoms with E-state index in [0.717, 1.165) is 24.3 Å². The van der Waals surface area contributed by atoms with Crippen LogP contribution in [0.25, 0.3) is 33.4 Å². The molecule has 200 valence electrons. The molecule has 1 heterocycles. The molecule has 0 aromatic heterocycles. The molecule has 0 unspecified atom stereocenters. The summed E-state index contributed by atoms with van der Waals surface area (Å²) in [6.45, 7) is -0.244. The second-order valence-corrected chi connectivity index (χ2v) is 10.6. The molecule has 1 aliphatic heterocycles. The van der Waals surface area contributed by atoms with Gasteiger partial charge in [-0.3, -0.25) is 19.3 Å². The summed E-state index contributed by atoms with van der Waals surface area (Å²) in [4.78, 5) is 22.6. The summed E-state index contributed by atoms with van der Waals surface area (Å²) >= 11 is 0. The average molecular weight is 587 g/mol. The van der Waals surface area contributed by atoms with Gasteiger partial charge in [-0.1, -0.05) is 0 Å². The second kappa shape index (κ2) is 10.7. The van der Waals surface area contributed by atoms with E-state index in [1.165, 1.54) is 18.2 Å². The number of carboxylic acid groups (broad SMARTS) is 1. The number of hydrogen-bond donors (Lipinski definition) is 7. The van der Waals surface area contributed by atoms with Crippen molar-refractivity contribution in [1.29, 1.82) is 5.41 Å². The van der Waals surface area contributed by atoms with E-state index in [4.69, 9.17) is 21.3 Å². The van der Waals surface area contributed by atoms with Gasteiger partial charge in [-0.2, -0.15) is 16.8 Å². The fourth-order valence-electron chi connectivity index (χ4n) is 4.07. The second-order valence-electron chi connectivity index (χ2n) is 7.88. The molecule has 0 saturated heterocycles. The monoisotopic (exact) mass is 586 g/mol. The normalized spacial score (nSPS) is 11.8. The summed E-state index contributed by atoms with van der Waals surface area (Å²) in [5.74, 6) is -2.88. The van der Waals surface area contributed by atoms with Gasteiger partial charge in [-0.05, 0) is 48.0 Å². The van der Waals surface area contributed by atoms with Crippen molar-refractivity contribution in [3.05, 3.63) is 58.9 Å². The van der Waals surface area contributed by atoms with Crippen molar-refractivity contribution in [3.8, 4) is 22.5 Å². The first-order chi connectivity index (χ1) is 17.7. The zero-order chi connectivity index (χ0) is 28.2. The molecule has 4 rings (SSSR count). The Kier molecular flexibility index (Phi) is 8.26. The number of anilines is 1. The first-order valence-corrected chi connectivity index (χ1v) is 13.2. The summed E-state index contributed by atoms with van der Waals surface area (Å²) in [7, 11) is -10.3. The first kappa shape index (κ1) is 30.2. The van der Waals surface area contributed by atoms with E-state index in [1.807, 2.05) is 0 Å². The molecule has 2 aliphatic rings. The van der Waals surface area contributed by atoms with Crippen LogP contribution in [0, 0.1) is 5.41 Å². The molecule has 0 radical (unpaired) electrons. The minimum absolute atomic E-state index is 0. The third-order valence-corrected chi connectivity index (χ3v) is 7.42. The third-order valence-electron chi connectivity index (χ3n) is 5.56. The zero-order valence-corrected chi connectivity index (χ0v) is 20.6. The molecule has 39 heavy (non-hydrogen) atoms. The van der Waals surface area contributed by atoms with Gasteiger partial charge in [0.1, 0.15) is 0 Å². The maximum atomic E-state index is 12.5. The fourth-order valence-corrected chi connectivity index (χ4v) is 5.55. The van der Waals surface area contributed by atoms with Crippen LogP contribution in [0.2, 0.25) is 0 Å². The Morgan fingerprint density at radius 2 is 1.59 bits per heavy atom. The number of fused-ring (bicyclic) bond motifs is 2. The molecule has 2 aromatic rings. The summed E-state index contributed by atoms with van der Waals surface area (Å²) < 4.78 is 74.2. The van der Waals surface area contributed by atoms with E-state index >= 15 is 0 Å². The van der Waals surface area contributed by atoms with Gasteiger partial charge in [0.15, 0.2) is 21.1 Å². The van der Waals surface area contributed by atoms with Gasteiger partial charge in [0.05, 0.1) is 23.3 Å². The molecule has 0 bridgehead atoms. The number of aromatic carboxylic acids is 1. The predicted molar refractivity (Wildman–Crippen MR) is 139 cm³/mol. The van der Waals surface area contributed by atoms with E-state index in [0.29, 0.717) is 0 Å². The predicted octanol–water partition coefficient (Wildman–Crippen LogP) is 0.455. The molecule has 0 atom stereocenters. The Labute approximate surface area is 242 Å². The Morgan fingerprint density at radius 1 is 0.949 bits per heavy atom. The van der Waals surface area contributed by atoms with Crippen molar-refractivity contribution < 1.29 is 45.1 Å². The van der Waals surface area contributed by atoms with Crippen LogP contribution in [-0.2, 0) is 20.2 Å². The number of benzene rings is 3. The van der Waals surface area contributed by atoms with Crippen molar-refractivity contribution in [2.75, 3.05) is 12.4 Å². The molecule has 0 spiro atoms. The summed E-state index contributed by atoms with van der Waals surface area (Å²) in [5.41, 5.74) is 8.95. The molecular weight excluding hydrogens is 567 g/mol. The van der Waals surface area contributed by atoms with Crippen LogP contribution in [0.15, 0.2) is 56.7 Å². The summed E-state index contributed by atoms with van der Waals surface area (Å²) in [6.07, 6.45) is 0. The standard InChI is InChI=1S/C22H18N4O10S2.Na.H/c23-8-26-21(27)9-1-2-10(22(28)29)13(7-9)16-11-3-5-14(24)19(37(30,31)32)17(11)36-18-12(16)4-6-15(25)20(18)38(33,34)35;;/h1-7,24H,8,23,25H2,(H,26,27)(H,28,29)(H,30,31,32)(H,33,34,35);;. The third kappa shape index (κ3) is 5.41. The molecule has 0 fully saturated rings. The number of nitrogens with two attached hydrogens (primary N) is 2. The molecule has 9 N–H and O–H groups in total. The number of rotatable bonds is 6. The number of hydrogen-bond acceptors (Lipinski definition) is 10. The zero-order valence-electron chi connectivity index (χ0n) is 18.9. The van der Waals surface area contributed by atoms with Gasteiger partial charge in [-0.15, -0.1) is 0 Å².